The van der Waals surface area contributed by atoms with Gasteiger partial charge in [0.05, 0.1) is 23.8 Å². The number of carbonyl (C=O) groups excluding carboxylic acids is 1. The third-order valence-corrected chi connectivity index (χ3v) is 3.08. The highest BCUT2D eigenvalue weighted by atomic mass is 35.5. The fraction of sp³-hybridized carbons (Fsp3) is 0.417. The smallest absolute Gasteiger partial charge is 0.255 e. The Morgan fingerprint density at radius 2 is 2.29 bits per heavy atom. The van der Waals surface area contributed by atoms with Gasteiger partial charge in [-0.2, -0.15) is 0 Å². The van der Waals surface area contributed by atoms with Crippen molar-refractivity contribution in [2.45, 2.75) is 6.92 Å². The molecule has 2 rings (SSSR count). The molecule has 1 amide bonds. The second-order valence-electron chi connectivity index (χ2n) is 4.58. The Morgan fingerprint density at radius 1 is 1.59 bits per heavy atom. The molecule has 1 N–H and O–H groups in total. The third kappa shape index (κ3) is 2.58. The maximum atomic E-state index is 13.4. The second-order valence-corrected chi connectivity index (χ2v) is 4.99. The first-order valence-corrected chi connectivity index (χ1v) is 5.70. The molecule has 0 saturated carbocycles. The number of ether oxygens (including phenoxy) is 1. The highest BCUT2D eigenvalue weighted by Crippen LogP contribution is 2.25. The van der Waals surface area contributed by atoms with Crippen LogP contribution >= 0.6 is 11.6 Å². The number of amides is 1. The van der Waals surface area contributed by atoms with Crippen molar-refractivity contribution in [2.75, 3.05) is 19.8 Å². The van der Waals surface area contributed by atoms with Gasteiger partial charge in [-0.1, -0.05) is 24.6 Å². The summed E-state index contributed by atoms with van der Waals surface area (Å²) < 4.78 is 18.5. The van der Waals surface area contributed by atoms with Gasteiger partial charge in [-0.3, -0.25) is 4.79 Å². The van der Waals surface area contributed by atoms with Crippen molar-refractivity contribution in [1.29, 1.82) is 0 Å². The number of benzene rings is 1. The molecule has 0 bridgehead atoms. The first-order chi connectivity index (χ1) is 8.02. The van der Waals surface area contributed by atoms with Gasteiger partial charge in [-0.15, -0.1) is 0 Å². The monoisotopic (exact) mass is 257 g/mol. The number of hydrogen-bond acceptors (Lipinski definition) is 2. The van der Waals surface area contributed by atoms with Gasteiger partial charge in [-0.05, 0) is 12.1 Å². The Hall–Kier alpha value is -1.13. The zero-order valence-electron chi connectivity index (χ0n) is 9.43. The van der Waals surface area contributed by atoms with Gasteiger partial charge >= 0.3 is 0 Å². The van der Waals surface area contributed by atoms with E-state index in [1.807, 2.05) is 6.92 Å². The molecule has 0 aliphatic carbocycles. The zero-order chi connectivity index (χ0) is 12.5. The minimum atomic E-state index is -0.606. The van der Waals surface area contributed by atoms with E-state index in [0.29, 0.717) is 19.8 Å². The fourth-order valence-corrected chi connectivity index (χ4v) is 1.90. The molecular weight excluding hydrogens is 245 g/mol. The molecule has 0 spiro atoms. The van der Waals surface area contributed by atoms with Crippen LogP contribution in [0.25, 0.3) is 0 Å². The first kappa shape index (κ1) is 12.3. The zero-order valence-corrected chi connectivity index (χ0v) is 10.2. The lowest BCUT2D eigenvalue weighted by Gasteiger charge is -2.38. The maximum absolute atomic E-state index is 13.4. The van der Waals surface area contributed by atoms with Crippen molar-refractivity contribution in [1.82, 2.24) is 5.32 Å². The lowest BCUT2D eigenvalue weighted by atomic mass is 9.88. The lowest BCUT2D eigenvalue weighted by Crippen LogP contribution is -2.48. The van der Waals surface area contributed by atoms with E-state index in [0.717, 1.165) is 0 Å². The van der Waals surface area contributed by atoms with Crippen LogP contribution in [0.15, 0.2) is 18.2 Å². The van der Waals surface area contributed by atoms with Gasteiger partial charge < -0.3 is 10.1 Å². The summed E-state index contributed by atoms with van der Waals surface area (Å²) in [6, 6.07) is 4.18. The van der Waals surface area contributed by atoms with Crippen molar-refractivity contribution in [3.05, 3.63) is 34.6 Å². The Labute approximate surface area is 104 Å². The summed E-state index contributed by atoms with van der Waals surface area (Å²) in [6.45, 7) is 3.67. The number of carbonyl (C=O) groups is 1. The summed E-state index contributed by atoms with van der Waals surface area (Å²) in [5.74, 6) is -1.09. The molecule has 1 fully saturated rings. The van der Waals surface area contributed by atoms with Gasteiger partial charge in [-0.25, -0.2) is 4.39 Å². The summed E-state index contributed by atoms with van der Waals surface area (Å²) in [5, 5.41) is 2.80. The second kappa shape index (κ2) is 4.63. The lowest BCUT2D eigenvalue weighted by molar-refractivity contribution is -0.0978. The summed E-state index contributed by atoms with van der Waals surface area (Å²) in [4.78, 5) is 11.8. The van der Waals surface area contributed by atoms with Crippen LogP contribution in [0.5, 0.6) is 0 Å². The molecule has 0 aromatic heterocycles. The number of nitrogens with one attached hydrogen (secondary N) is 1. The Bertz CT molecular complexity index is 426. The van der Waals surface area contributed by atoms with E-state index in [9.17, 15) is 9.18 Å². The molecule has 1 aromatic rings. The van der Waals surface area contributed by atoms with Crippen molar-refractivity contribution < 1.29 is 13.9 Å². The molecule has 1 aliphatic rings. The fourth-order valence-electron chi connectivity index (χ4n) is 1.65. The van der Waals surface area contributed by atoms with Crippen LogP contribution in [0, 0.1) is 11.2 Å². The Morgan fingerprint density at radius 3 is 2.82 bits per heavy atom. The molecule has 1 heterocycles. The summed E-state index contributed by atoms with van der Waals surface area (Å²) >= 11 is 5.80. The van der Waals surface area contributed by atoms with E-state index in [1.165, 1.54) is 18.2 Å². The predicted molar refractivity (Wildman–Crippen MR) is 62.7 cm³/mol. The minimum absolute atomic E-state index is 0.0482. The minimum Gasteiger partial charge on any atom is -0.380 e. The average Bonchev–Trinajstić information content (AvgIpc) is 2.23. The Balaban J connectivity index is 2.04. The normalized spacial score (nSPS) is 17.4. The van der Waals surface area contributed by atoms with Gasteiger partial charge in [0.2, 0.25) is 0 Å². The number of hydrogen-bond donors (Lipinski definition) is 1. The summed E-state index contributed by atoms with van der Waals surface area (Å²) in [7, 11) is 0. The third-order valence-electron chi connectivity index (χ3n) is 2.77. The van der Waals surface area contributed by atoms with Crippen LogP contribution in [0.4, 0.5) is 4.39 Å². The highest BCUT2D eigenvalue weighted by Gasteiger charge is 2.33. The van der Waals surface area contributed by atoms with Gasteiger partial charge in [0.15, 0.2) is 0 Å². The molecule has 5 heteroatoms. The van der Waals surface area contributed by atoms with E-state index >= 15 is 0 Å². The predicted octanol–water partition coefficient (Wildman–Crippen LogP) is 2.25. The van der Waals surface area contributed by atoms with E-state index in [2.05, 4.69) is 5.32 Å². The number of rotatable bonds is 3. The van der Waals surface area contributed by atoms with Crippen molar-refractivity contribution in [3.8, 4) is 0 Å². The average molecular weight is 258 g/mol. The largest absolute Gasteiger partial charge is 0.380 e. The van der Waals surface area contributed by atoms with Crippen LogP contribution in [0.2, 0.25) is 5.02 Å². The van der Waals surface area contributed by atoms with Crippen molar-refractivity contribution in [3.63, 3.8) is 0 Å². The molecular formula is C12H13ClFNO2. The summed E-state index contributed by atoms with van der Waals surface area (Å²) in [6.07, 6.45) is 0. The van der Waals surface area contributed by atoms with E-state index < -0.39 is 11.7 Å². The van der Waals surface area contributed by atoms with Crippen molar-refractivity contribution >= 4 is 17.5 Å². The van der Waals surface area contributed by atoms with E-state index in [-0.39, 0.29) is 16.0 Å². The molecule has 0 unspecified atom stereocenters. The molecule has 17 heavy (non-hydrogen) atoms. The van der Waals surface area contributed by atoms with E-state index in [4.69, 9.17) is 16.3 Å². The van der Waals surface area contributed by atoms with Gasteiger partial charge in [0.1, 0.15) is 5.82 Å². The SMILES string of the molecule is CC1(CNC(=O)c2c(F)cccc2Cl)COC1. The van der Waals surface area contributed by atoms with Crippen LogP contribution in [0.1, 0.15) is 17.3 Å². The van der Waals surface area contributed by atoms with Crippen LogP contribution in [-0.4, -0.2) is 25.7 Å². The highest BCUT2D eigenvalue weighted by molar-refractivity contribution is 6.33. The van der Waals surface area contributed by atoms with Crippen LogP contribution in [0.3, 0.4) is 0 Å². The van der Waals surface area contributed by atoms with Crippen LogP contribution in [-0.2, 0) is 4.74 Å². The quantitative estimate of drug-likeness (QED) is 0.902. The molecule has 3 nitrogen and oxygen atoms in total. The van der Waals surface area contributed by atoms with Crippen LogP contribution < -0.4 is 5.32 Å². The number of halogens is 2. The standard InChI is InChI=1S/C12H13ClFNO2/c1-12(6-17-7-12)5-15-11(16)10-8(13)3-2-4-9(10)14/h2-4H,5-7H2,1H3,(H,15,16). The van der Waals surface area contributed by atoms with Gasteiger partial charge in [0, 0.05) is 12.0 Å². The molecule has 1 aromatic carbocycles. The van der Waals surface area contributed by atoms with E-state index in [1.54, 1.807) is 0 Å². The first-order valence-electron chi connectivity index (χ1n) is 5.32. The molecule has 0 radical (unpaired) electrons. The molecule has 92 valence electrons. The maximum Gasteiger partial charge on any atom is 0.255 e. The Kier molecular flexibility index (Phi) is 3.35. The van der Waals surface area contributed by atoms with Gasteiger partial charge in [0.25, 0.3) is 5.91 Å². The molecule has 0 atom stereocenters. The van der Waals surface area contributed by atoms with Crippen molar-refractivity contribution in [2.24, 2.45) is 5.41 Å². The topological polar surface area (TPSA) is 38.3 Å². The molecule has 1 saturated heterocycles. The molecule has 1 aliphatic heterocycles. The summed E-state index contributed by atoms with van der Waals surface area (Å²) in [5.41, 5.74) is -0.147.